The molecule has 0 saturated carbocycles. The fourth-order valence-electron chi connectivity index (χ4n) is 2.48. The lowest BCUT2D eigenvalue weighted by Gasteiger charge is -2.26. The van der Waals surface area contributed by atoms with Crippen LogP contribution in [0.5, 0.6) is 5.75 Å². The first-order valence-corrected chi connectivity index (χ1v) is 7.91. The normalized spacial score (nSPS) is 22.3. The molecule has 0 aromatic carbocycles. The molecule has 2 atom stereocenters. The molecular weight excluding hydrogens is 260 g/mol. The third-order valence-electron chi connectivity index (χ3n) is 4.05. The number of rotatable bonds is 5. The van der Waals surface area contributed by atoms with Crippen molar-refractivity contribution >= 4 is 0 Å². The first-order chi connectivity index (χ1) is 9.96. The lowest BCUT2D eigenvalue weighted by molar-refractivity contribution is 0.196. The first kappa shape index (κ1) is 16.0. The Morgan fingerprint density at radius 1 is 1.29 bits per heavy atom. The molecule has 1 heterocycles. The summed E-state index contributed by atoms with van der Waals surface area (Å²) >= 11 is 0. The second-order valence-electron chi connectivity index (χ2n) is 7.08. The highest BCUT2D eigenvalue weighted by atomic mass is 16.5. The largest absolute Gasteiger partial charge is 0.491 e. The molecule has 0 spiro atoms. The molecule has 3 heteroatoms. The maximum atomic E-state index is 6.08. The summed E-state index contributed by atoms with van der Waals surface area (Å²) in [5, 5.41) is 3.51. The van der Waals surface area contributed by atoms with Crippen molar-refractivity contribution in [3.8, 4) is 5.75 Å². The molecule has 1 aromatic rings. The van der Waals surface area contributed by atoms with E-state index in [0.29, 0.717) is 11.8 Å². The summed E-state index contributed by atoms with van der Waals surface area (Å²) in [7, 11) is 0. The van der Waals surface area contributed by atoms with Gasteiger partial charge in [0.25, 0.3) is 0 Å². The average Bonchev–Trinajstić information content (AvgIpc) is 2.44. The highest BCUT2D eigenvalue weighted by Gasteiger charge is 2.19. The van der Waals surface area contributed by atoms with E-state index >= 15 is 0 Å². The van der Waals surface area contributed by atoms with Crippen LogP contribution >= 0.6 is 0 Å². The Labute approximate surface area is 128 Å². The molecule has 0 bridgehead atoms. The highest BCUT2D eigenvalue weighted by Crippen LogP contribution is 2.26. The number of allylic oxidation sites excluding steroid dienone is 2. The Morgan fingerprint density at radius 3 is 2.76 bits per heavy atom. The summed E-state index contributed by atoms with van der Waals surface area (Å²) in [6.07, 6.45) is 10.5. The number of nitrogens with one attached hydrogen (secondary N) is 1. The number of hydrogen-bond donors (Lipinski definition) is 1. The van der Waals surface area contributed by atoms with E-state index in [2.05, 4.69) is 50.1 Å². The molecule has 0 saturated heterocycles. The fourth-order valence-corrected chi connectivity index (χ4v) is 2.48. The zero-order valence-corrected chi connectivity index (χ0v) is 13.7. The number of aromatic nitrogens is 1. The Balaban J connectivity index is 1.95. The topological polar surface area (TPSA) is 34.1 Å². The minimum absolute atomic E-state index is 0.100. The molecule has 21 heavy (non-hydrogen) atoms. The van der Waals surface area contributed by atoms with E-state index in [1.807, 2.05) is 18.5 Å². The molecule has 1 aromatic heterocycles. The Hall–Kier alpha value is -1.35. The fraction of sp³-hybridized carbons (Fsp3) is 0.611. The minimum atomic E-state index is 0.100. The van der Waals surface area contributed by atoms with Crippen molar-refractivity contribution in [1.82, 2.24) is 10.3 Å². The van der Waals surface area contributed by atoms with Gasteiger partial charge in [-0.2, -0.15) is 0 Å². The summed E-state index contributed by atoms with van der Waals surface area (Å²) in [6.45, 7) is 10.4. The monoisotopic (exact) mass is 288 g/mol. The molecule has 0 amide bonds. The van der Waals surface area contributed by atoms with Gasteiger partial charge < -0.3 is 10.1 Å². The first-order valence-electron chi connectivity index (χ1n) is 7.91. The molecule has 1 N–H and O–H groups in total. The van der Waals surface area contributed by atoms with Crippen LogP contribution in [0.1, 0.15) is 46.1 Å². The zero-order valence-electron chi connectivity index (χ0n) is 13.7. The van der Waals surface area contributed by atoms with E-state index in [1.54, 1.807) is 0 Å². The molecular formula is C18H28N2O. The molecule has 3 nitrogen and oxygen atoms in total. The molecule has 116 valence electrons. The van der Waals surface area contributed by atoms with Crippen LogP contribution in [0.2, 0.25) is 0 Å². The van der Waals surface area contributed by atoms with Crippen LogP contribution in [0, 0.1) is 11.8 Å². The van der Waals surface area contributed by atoms with Crippen molar-refractivity contribution in [3.05, 3.63) is 36.2 Å². The van der Waals surface area contributed by atoms with Gasteiger partial charge in [-0.15, -0.1) is 0 Å². The number of hydrogen-bond acceptors (Lipinski definition) is 3. The van der Waals surface area contributed by atoms with Crippen LogP contribution in [0.15, 0.2) is 30.6 Å². The second kappa shape index (κ2) is 7.08. The number of pyridine rings is 1. The summed E-state index contributed by atoms with van der Waals surface area (Å²) in [5.41, 5.74) is 1.28. The molecule has 2 unspecified atom stereocenters. The van der Waals surface area contributed by atoms with Gasteiger partial charge in [0.15, 0.2) is 0 Å². The van der Waals surface area contributed by atoms with Crippen LogP contribution < -0.4 is 10.1 Å². The van der Waals surface area contributed by atoms with Gasteiger partial charge in [0.05, 0.1) is 12.8 Å². The smallest absolute Gasteiger partial charge is 0.142 e. The van der Waals surface area contributed by atoms with Crippen molar-refractivity contribution in [1.29, 1.82) is 0 Å². The Bertz CT molecular complexity index is 476. The van der Waals surface area contributed by atoms with Gasteiger partial charge in [-0.1, -0.05) is 19.1 Å². The van der Waals surface area contributed by atoms with E-state index < -0.39 is 0 Å². The predicted molar refractivity (Wildman–Crippen MR) is 87.4 cm³/mol. The average molecular weight is 288 g/mol. The highest BCUT2D eigenvalue weighted by molar-refractivity contribution is 5.29. The van der Waals surface area contributed by atoms with Crippen LogP contribution in [0.25, 0.3) is 0 Å². The van der Waals surface area contributed by atoms with Gasteiger partial charge in [-0.25, -0.2) is 0 Å². The Kier molecular flexibility index (Phi) is 5.40. The summed E-state index contributed by atoms with van der Waals surface area (Å²) in [5.74, 6) is 2.22. The van der Waals surface area contributed by atoms with E-state index in [9.17, 15) is 0 Å². The molecule has 0 fully saturated rings. The molecule has 0 aliphatic heterocycles. The van der Waals surface area contributed by atoms with Crippen molar-refractivity contribution in [2.45, 2.75) is 52.6 Å². The van der Waals surface area contributed by atoms with E-state index in [1.165, 1.54) is 12.0 Å². The molecule has 2 rings (SSSR count). The van der Waals surface area contributed by atoms with Crippen molar-refractivity contribution in [2.75, 3.05) is 6.61 Å². The third-order valence-corrected chi connectivity index (χ3v) is 4.05. The third kappa shape index (κ3) is 5.16. The molecule has 0 radical (unpaired) electrons. The number of nitrogens with zero attached hydrogens (tertiary/aromatic N) is 1. The van der Waals surface area contributed by atoms with Crippen molar-refractivity contribution in [3.63, 3.8) is 0 Å². The van der Waals surface area contributed by atoms with Crippen LogP contribution in [-0.2, 0) is 6.54 Å². The van der Waals surface area contributed by atoms with Crippen LogP contribution in [0.3, 0.4) is 0 Å². The van der Waals surface area contributed by atoms with Gasteiger partial charge in [0.2, 0.25) is 0 Å². The standard InChI is InChI=1S/C18H28N2O/c1-14-7-5-6-8-16(14)13-21-17-12-19-10-9-15(17)11-20-18(2,3)4/h5-6,9-10,12,14,16,20H,7-8,11,13H2,1-4H3. The van der Waals surface area contributed by atoms with Gasteiger partial charge in [-0.05, 0) is 51.5 Å². The van der Waals surface area contributed by atoms with Crippen molar-refractivity contribution in [2.24, 2.45) is 11.8 Å². The maximum Gasteiger partial charge on any atom is 0.142 e. The summed E-state index contributed by atoms with van der Waals surface area (Å²) in [6, 6.07) is 2.04. The van der Waals surface area contributed by atoms with Crippen LogP contribution in [0.4, 0.5) is 0 Å². The Morgan fingerprint density at radius 2 is 2.05 bits per heavy atom. The van der Waals surface area contributed by atoms with Gasteiger partial charge in [0.1, 0.15) is 5.75 Å². The van der Waals surface area contributed by atoms with E-state index in [4.69, 9.17) is 4.74 Å². The molecule has 1 aliphatic rings. The zero-order chi connectivity index (χ0) is 15.3. The van der Waals surface area contributed by atoms with E-state index in [0.717, 1.165) is 25.3 Å². The van der Waals surface area contributed by atoms with E-state index in [-0.39, 0.29) is 5.54 Å². The lowest BCUT2D eigenvalue weighted by atomic mass is 9.85. The number of ether oxygens (including phenoxy) is 1. The van der Waals surface area contributed by atoms with Crippen LogP contribution in [-0.4, -0.2) is 17.1 Å². The summed E-state index contributed by atoms with van der Waals surface area (Å²) < 4.78 is 6.08. The molecule has 1 aliphatic carbocycles. The summed E-state index contributed by atoms with van der Waals surface area (Å²) in [4.78, 5) is 4.21. The predicted octanol–water partition coefficient (Wildman–Crippen LogP) is 3.95. The maximum absolute atomic E-state index is 6.08. The van der Waals surface area contributed by atoms with Gasteiger partial charge in [0, 0.05) is 23.8 Å². The SMILES string of the molecule is CC1CC=CCC1COc1cnccc1CNC(C)(C)C. The lowest BCUT2D eigenvalue weighted by Crippen LogP contribution is -2.35. The quantitative estimate of drug-likeness (QED) is 0.833. The minimum Gasteiger partial charge on any atom is -0.491 e. The van der Waals surface area contributed by atoms with Gasteiger partial charge >= 0.3 is 0 Å². The second-order valence-corrected chi connectivity index (χ2v) is 7.08. The van der Waals surface area contributed by atoms with Gasteiger partial charge in [-0.3, -0.25) is 4.98 Å². The van der Waals surface area contributed by atoms with Crippen molar-refractivity contribution < 1.29 is 4.74 Å².